The molecule has 0 amide bonds. The predicted octanol–water partition coefficient (Wildman–Crippen LogP) is 4.15. The summed E-state index contributed by atoms with van der Waals surface area (Å²) in [6.07, 6.45) is 12.0. The Morgan fingerprint density at radius 2 is 2.40 bits per heavy atom. The smallest absolute Gasteiger partial charge is 0.0496 e. The van der Waals surface area contributed by atoms with Crippen molar-refractivity contribution < 1.29 is 0 Å². The number of nitrogens with zero attached hydrogens (tertiary/aromatic N) is 2. The van der Waals surface area contributed by atoms with Crippen LogP contribution in [0.4, 0.5) is 0 Å². The molecule has 0 aliphatic heterocycles. The molecule has 0 bridgehead atoms. The lowest BCUT2D eigenvalue weighted by atomic mass is 9.88. The first-order chi connectivity index (χ1) is 9.61. The molecule has 20 heavy (non-hydrogen) atoms. The number of aromatic nitrogens is 2. The van der Waals surface area contributed by atoms with Crippen LogP contribution in [0.1, 0.15) is 57.6 Å². The van der Waals surface area contributed by atoms with Crippen LogP contribution in [0.15, 0.2) is 30.6 Å². The maximum atomic E-state index is 5.75. The summed E-state index contributed by atoms with van der Waals surface area (Å²) in [6, 6.07) is 2.15. The van der Waals surface area contributed by atoms with Gasteiger partial charge >= 0.3 is 0 Å². The van der Waals surface area contributed by atoms with E-state index in [0.29, 0.717) is 5.92 Å². The molecule has 110 valence electrons. The minimum atomic E-state index is 0.551. The summed E-state index contributed by atoms with van der Waals surface area (Å²) >= 11 is 0. The van der Waals surface area contributed by atoms with Gasteiger partial charge in [-0.1, -0.05) is 26.5 Å². The third-order valence-corrected chi connectivity index (χ3v) is 4.49. The van der Waals surface area contributed by atoms with Crippen LogP contribution in [0, 0.1) is 11.8 Å². The fourth-order valence-electron chi connectivity index (χ4n) is 3.38. The highest BCUT2D eigenvalue weighted by molar-refractivity contribution is 5.26. The Morgan fingerprint density at radius 3 is 3.10 bits per heavy atom. The Morgan fingerprint density at radius 1 is 1.60 bits per heavy atom. The SMILES string of the molecule is C=C(N)CC1CC[C@H]([C@@H](C)c2ccnn2/C=C\CC)C1. The molecule has 3 nitrogen and oxygen atoms in total. The maximum Gasteiger partial charge on any atom is 0.0496 e. The monoisotopic (exact) mass is 273 g/mol. The molecule has 0 saturated heterocycles. The van der Waals surface area contributed by atoms with Crippen LogP contribution in [0.5, 0.6) is 0 Å². The molecule has 1 aromatic rings. The molecule has 1 saturated carbocycles. The third kappa shape index (κ3) is 3.53. The molecule has 1 fully saturated rings. The van der Waals surface area contributed by atoms with Gasteiger partial charge in [-0.3, -0.25) is 0 Å². The summed E-state index contributed by atoms with van der Waals surface area (Å²) < 4.78 is 2.03. The van der Waals surface area contributed by atoms with Crippen LogP contribution in [-0.4, -0.2) is 9.78 Å². The van der Waals surface area contributed by atoms with Crippen molar-refractivity contribution in [1.82, 2.24) is 9.78 Å². The van der Waals surface area contributed by atoms with Gasteiger partial charge in [0.1, 0.15) is 0 Å². The van der Waals surface area contributed by atoms with E-state index >= 15 is 0 Å². The molecule has 0 spiro atoms. The van der Waals surface area contributed by atoms with Gasteiger partial charge in [0.25, 0.3) is 0 Å². The Balaban J connectivity index is 2.01. The minimum Gasteiger partial charge on any atom is -0.403 e. The summed E-state index contributed by atoms with van der Waals surface area (Å²) in [4.78, 5) is 0. The van der Waals surface area contributed by atoms with Crippen molar-refractivity contribution in [2.75, 3.05) is 0 Å². The van der Waals surface area contributed by atoms with Crippen LogP contribution in [0.2, 0.25) is 0 Å². The van der Waals surface area contributed by atoms with Crippen molar-refractivity contribution in [2.24, 2.45) is 17.6 Å². The van der Waals surface area contributed by atoms with Crippen LogP contribution in [0.25, 0.3) is 6.20 Å². The molecular weight excluding hydrogens is 246 g/mol. The van der Waals surface area contributed by atoms with Gasteiger partial charge in [0, 0.05) is 29.7 Å². The normalized spacial score (nSPS) is 24.3. The van der Waals surface area contributed by atoms with Crippen molar-refractivity contribution >= 4 is 6.20 Å². The Labute approximate surface area is 122 Å². The Hall–Kier alpha value is -1.51. The van der Waals surface area contributed by atoms with Gasteiger partial charge in [-0.05, 0) is 50.0 Å². The first-order valence-electron chi connectivity index (χ1n) is 7.75. The molecule has 1 aliphatic rings. The molecule has 1 aromatic heterocycles. The fraction of sp³-hybridized carbons (Fsp3) is 0.588. The summed E-state index contributed by atoms with van der Waals surface area (Å²) in [6.45, 7) is 8.31. The highest BCUT2D eigenvalue weighted by atomic mass is 15.3. The summed E-state index contributed by atoms with van der Waals surface area (Å²) in [7, 11) is 0. The van der Waals surface area contributed by atoms with Gasteiger partial charge in [0.05, 0.1) is 0 Å². The molecule has 1 aliphatic carbocycles. The number of allylic oxidation sites excluding steroid dienone is 2. The average molecular weight is 273 g/mol. The van der Waals surface area contributed by atoms with Crippen molar-refractivity contribution in [1.29, 1.82) is 0 Å². The van der Waals surface area contributed by atoms with Crippen molar-refractivity contribution in [2.45, 2.75) is 51.9 Å². The van der Waals surface area contributed by atoms with Crippen LogP contribution in [0.3, 0.4) is 0 Å². The second-order valence-corrected chi connectivity index (χ2v) is 6.08. The number of nitrogens with two attached hydrogens (primary N) is 1. The first kappa shape index (κ1) is 14.9. The predicted molar refractivity (Wildman–Crippen MR) is 85.0 cm³/mol. The topological polar surface area (TPSA) is 43.8 Å². The van der Waals surface area contributed by atoms with E-state index in [-0.39, 0.29) is 0 Å². The molecule has 2 rings (SSSR count). The zero-order valence-corrected chi connectivity index (χ0v) is 12.8. The minimum absolute atomic E-state index is 0.551. The van der Waals surface area contributed by atoms with Crippen LogP contribution < -0.4 is 5.73 Å². The zero-order chi connectivity index (χ0) is 14.5. The second-order valence-electron chi connectivity index (χ2n) is 6.08. The lowest BCUT2D eigenvalue weighted by molar-refractivity contribution is 0.421. The molecule has 2 N–H and O–H groups in total. The number of hydrogen-bond donors (Lipinski definition) is 1. The molecule has 1 heterocycles. The van der Waals surface area contributed by atoms with Crippen molar-refractivity contribution in [3.05, 3.63) is 36.3 Å². The fourth-order valence-corrected chi connectivity index (χ4v) is 3.38. The van der Waals surface area contributed by atoms with E-state index in [2.05, 4.69) is 43.9 Å². The summed E-state index contributed by atoms with van der Waals surface area (Å²) in [5, 5.41) is 4.41. The highest BCUT2D eigenvalue weighted by Crippen LogP contribution is 2.41. The zero-order valence-electron chi connectivity index (χ0n) is 12.8. The lowest BCUT2D eigenvalue weighted by Gasteiger charge is -2.20. The van der Waals surface area contributed by atoms with Gasteiger partial charge in [-0.2, -0.15) is 5.10 Å². The molecule has 0 aromatic carbocycles. The van der Waals surface area contributed by atoms with Gasteiger partial charge in [0.2, 0.25) is 0 Å². The molecule has 3 heteroatoms. The Bertz CT molecular complexity index is 472. The van der Waals surface area contributed by atoms with Crippen LogP contribution in [-0.2, 0) is 0 Å². The van der Waals surface area contributed by atoms with E-state index in [1.165, 1.54) is 25.0 Å². The van der Waals surface area contributed by atoms with E-state index in [1.54, 1.807) is 0 Å². The highest BCUT2D eigenvalue weighted by Gasteiger charge is 2.30. The van der Waals surface area contributed by atoms with E-state index in [0.717, 1.165) is 30.4 Å². The standard InChI is InChI=1S/C17H27N3/c1-4-5-10-20-17(8-9-19-20)14(3)16-7-6-15(12-16)11-13(2)18/h5,8-10,14-16H,2,4,6-7,11-12,18H2,1,3H3/b10-5-/t14-,15?,16+/m1/s1. The van der Waals surface area contributed by atoms with E-state index in [9.17, 15) is 0 Å². The Kier molecular flexibility index (Phi) is 5.05. The molecule has 1 unspecified atom stereocenters. The first-order valence-corrected chi connectivity index (χ1v) is 7.75. The average Bonchev–Trinajstić information content (AvgIpc) is 3.03. The number of hydrogen-bond acceptors (Lipinski definition) is 2. The van der Waals surface area contributed by atoms with Crippen molar-refractivity contribution in [3.63, 3.8) is 0 Å². The largest absolute Gasteiger partial charge is 0.403 e. The van der Waals surface area contributed by atoms with E-state index in [1.807, 2.05) is 10.9 Å². The van der Waals surface area contributed by atoms with Gasteiger partial charge in [-0.15, -0.1) is 0 Å². The lowest BCUT2D eigenvalue weighted by Crippen LogP contribution is -2.11. The molecule has 0 radical (unpaired) electrons. The molecule has 3 atom stereocenters. The second kappa shape index (κ2) is 6.78. The summed E-state index contributed by atoms with van der Waals surface area (Å²) in [5.41, 5.74) is 7.91. The summed E-state index contributed by atoms with van der Waals surface area (Å²) in [5.74, 6) is 2.02. The molecular formula is C17H27N3. The van der Waals surface area contributed by atoms with E-state index in [4.69, 9.17) is 5.73 Å². The third-order valence-electron chi connectivity index (χ3n) is 4.49. The van der Waals surface area contributed by atoms with Gasteiger partial charge in [0.15, 0.2) is 0 Å². The number of rotatable bonds is 6. The van der Waals surface area contributed by atoms with Crippen molar-refractivity contribution in [3.8, 4) is 0 Å². The maximum absolute atomic E-state index is 5.75. The van der Waals surface area contributed by atoms with Gasteiger partial charge in [-0.25, -0.2) is 4.68 Å². The van der Waals surface area contributed by atoms with Crippen LogP contribution >= 0.6 is 0 Å². The quantitative estimate of drug-likeness (QED) is 0.846. The van der Waals surface area contributed by atoms with Gasteiger partial charge < -0.3 is 5.73 Å². The van der Waals surface area contributed by atoms with E-state index < -0.39 is 0 Å².